The predicted octanol–water partition coefficient (Wildman–Crippen LogP) is 1.88. The molecule has 0 bridgehead atoms. The molecule has 0 saturated heterocycles. The molecule has 0 aliphatic carbocycles. The quantitative estimate of drug-likeness (QED) is 0.891. The molecule has 2 rings (SSSR count). The molecule has 0 radical (unpaired) electrons. The van der Waals surface area contributed by atoms with Crippen molar-refractivity contribution in [3.63, 3.8) is 0 Å². The Kier molecular flexibility index (Phi) is 3.96. The molecule has 0 atom stereocenters. The Morgan fingerprint density at radius 2 is 2.26 bits per heavy atom. The van der Waals surface area contributed by atoms with Crippen molar-refractivity contribution < 1.29 is 8.42 Å². The third-order valence-corrected chi connectivity index (χ3v) is 3.91. The van der Waals surface area contributed by atoms with E-state index in [1.54, 1.807) is 18.2 Å². The number of hydrazine groups is 1. The van der Waals surface area contributed by atoms with Gasteiger partial charge in [0.05, 0.1) is 16.9 Å². The average molecular weight is 301 g/mol. The molecule has 6 nitrogen and oxygen atoms in total. The fraction of sp³-hybridized carbons (Fsp3) is 0.182. The molecule has 19 heavy (non-hydrogen) atoms. The number of hydrogen-bond donors (Lipinski definition) is 2. The van der Waals surface area contributed by atoms with E-state index in [1.807, 2.05) is 13.0 Å². The Morgan fingerprint density at radius 1 is 1.47 bits per heavy atom. The highest BCUT2D eigenvalue weighted by Gasteiger charge is 2.22. The molecule has 102 valence electrons. The number of nitrogens with one attached hydrogen (secondary N) is 2. The molecule has 1 aliphatic heterocycles. The first-order valence-electron chi connectivity index (χ1n) is 5.60. The second-order valence-corrected chi connectivity index (χ2v) is 5.64. The van der Waals surface area contributed by atoms with E-state index in [4.69, 9.17) is 11.6 Å². The lowest BCUT2D eigenvalue weighted by Crippen LogP contribution is -2.40. The third kappa shape index (κ3) is 2.99. The minimum atomic E-state index is -3.85. The van der Waals surface area contributed by atoms with Crippen LogP contribution in [0.5, 0.6) is 0 Å². The van der Waals surface area contributed by atoms with Gasteiger partial charge >= 0.3 is 10.2 Å². The summed E-state index contributed by atoms with van der Waals surface area (Å²) in [6.45, 7) is 1.92. The second kappa shape index (κ2) is 5.50. The smallest absolute Gasteiger partial charge is 0.274 e. The van der Waals surface area contributed by atoms with Gasteiger partial charge in [-0.2, -0.15) is 8.42 Å². The van der Waals surface area contributed by atoms with E-state index >= 15 is 0 Å². The zero-order chi connectivity index (χ0) is 13.9. The maximum Gasteiger partial charge on any atom is 0.357 e. The minimum absolute atomic E-state index is 0.347. The summed E-state index contributed by atoms with van der Waals surface area (Å²) in [5.74, 6) is 0. The summed E-state index contributed by atoms with van der Waals surface area (Å²) in [4.78, 5) is 0. The Morgan fingerprint density at radius 3 is 2.89 bits per heavy atom. The largest absolute Gasteiger partial charge is 0.357 e. The van der Waals surface area contributed by atoms with Crippen molar-refractivity contribution in [1.82, 2.24) is 9.95 Å². The minimum Gasteiger partial charge on any atom is -0.274 e. The fourth-order valence-electron chi connectivity index (χ4n) is 1.56. The number of hydrogen-bond acceptors (Lipinski definition) is 4. The number of nitrogens with zero attached hydrogens (tertiary/aromatic N) is 2. The molecule has 1 aliphatic rings. The van der Waals surface area contributed by atoms with Gasteiger partial charge in [0.1, 0.15) is 0 Å². The normalized spacial score (nSPS) is 14.3. The molecule has 0 spiro atoms. The average Bonchev–Trinajstić information content (AvgIpc) is 2.42. The van der Waals surface area contributed by atoms with Crippen LogP contribution in [0.2, 0.25) is 5.02 Å². The highest BCUT2D eigenvalue weighted by atomic mass is 35.5. The number of aryl methyl sites for hydroxylation is 1. The summed E-state index contributed by atoms with van der Waals surface area (Å²) < 4.78 is 27.4. The van der Waals surface area contributed by atoms with Crippen molar-refractivity contribution in [1.29, 1.82) is 0 Å². The molecular weight excluding hydrogens is 288 g/mol. The van der Waals surface area contributed by atoms with Crippen LogP contribution in [0.25, 0.3) is 0 Å². The van der Waals surface area contributed by atoms with E-state index in [0.29, 0.717) is 17.1 Å². The van der Waals surface area contributed by atoms with E-state index in [1.165, 1.54) is 12.4 Å². The Labute approximate surface area is 116 Å². The highest BCUT2D eigenvalue weighted by molar-refractivity contribution is 7.90. The lowest BCUT2D eigenvalue weighted by atomic mass is 10.1. The van der Waals surface area contributed by atoms with Gasteiger partial charge < -0.3 is 0 Å². The molecule has 0 aromatic heterocycles. The molecule has 0 unspecified atom stereocenters. The standard InChI is InChI=1S/C11H13ClN4O2S/c1-2-9-5-3-6-10(12)11(9)15-19(17,18)16-13-7-4-8-14-16/h3-8,13,15H,2H2,1H3. The maximum absolute atomic E-state index is 12.1. The SMILES string of the molecule is CCc1cccc(Cl)c1NS(=O)(=O)N1N=CC=CN1. The molecule has 0 saturated carbocycles. The first kappa shape index (κ1) is 13.7. The van der Waals surface area contributed by atoms with Gasteiger partial charge in [-0.15, -0.1) is 5.10 Å². The van der Waals surface area contributed by atoms with Crippen LogP contribution in [0.3, 0.4) is 0 Å². The number of rotatable bonds is 4. The number of halogens is 1. The number of anilines is 1. The van der Waals surface area contributed by atoms with Crippen LogP contribution < -0.4 is 10.1 Å². The molecule has 0 fully saturated rings. The molecule has 2 N–H and O–H groups in total. The maximum atomic E-state index is 12.1. The number of allylic oxidation sites excluding steroid dienone is 1. The van der Waals surface area contributed by atoms with Crippen molar-refractivity contribution in [3.8, 4) is 0 Å². The zero-order valence-corrected chi connectivity index (χ0v) is 11.7. The highest BCUT2D eigenvalue weighted by Crippen LogP contribution is 2.27. The lowest BCUT2D eigenvalue weighted by molar-refractivity contribution is 0.380. The first-order valence-corrected chi connectivity index (χ1v) is 7.42. The summed E-state index contributed by atoms with van der Waals surface area (Å²) >= 11 is 6.03. The number of hydrazone groups is 1. The molecule has 1 heterocycles. The molecule has 1 aromatic rings. The van der Waals surface area contributed by atoms with E-state index in [9.17, 15) is 8.42 Å². The van der Waals surface area contributed by atoms with Crippen molar-refractivity contribution in [3.05, 3.63) is 41.1 Å². The topological polar surface area (TPSA) is 73.8 Å². The zero-order valence-electron chi connectivity index (χ0n) is 10.2. The summed E-state index contributed by atoms with van der Waals surface area (Å²) in [6, 6.07) is 5.22. The molecule has 0 amide bonds. The Bertz CT molecular complexity index is 628. The van der Waals surface area contributed by atoms with Gasteiger partial charge in [-0.3, -0.25) is 10.1 Å². The van der Waals surface area contributed by atoms with E-state index in [0.717, 1.165) is 10.1 Å². The van der Waals surface area contributed by atoms with Crippen LogP contribution in [0.4, 0.5) is 5.69 Å². The Balaban J connectivity index is 2.30. The van der Waals surface area contributed by atoms with Crippen LogP contribution in [0.1, 0.15) is 12.5 Å². The van der Waals surface area contributed by atoms with Crippen LogP contribution in [0, 0.1) is 0 Å². The number of benzene rings is 1. The van der Waals surface area contributed by atoms with Gasteiger partial charge in [-0.1, -0.05) is 35.2 Å². The molecule has 8 heteroatoms. The number of para-hydroxylation sites is 1. The van der Waals surface area contributed by atoms with Gasteiger partial charge in [0.25, 0.3) is 0 Å². The summed E-state index contributed by atoms with van der Waals surface area (Å²) in [5.41, 5.74) is 3.68. The van der Waals surface area contributed by atoms with Crippen molar-refractivity contribution in [2.75, 3.05) is 4.72 Å². The first-order chi connectivity index (χ1) is 9.04. The summed E-state index contributed by atoms with van der Waals surface area (Å²) in [5, 5.41) is 4.05. The van der Waals surface area contributed by atoms with Crippen LogP contribution in [-0.2, 0) is 16.6 Å². The molecule has 1 aromatic carbocycles. The predicted molar refractivity (Wildman–Crippen MR) is 76.0 cm³/mol. The van der Waals surface area contributed by atoms with Crippen molar-refractivity contribution in [2.45, 2.75) is 13.3 Å². The monoisotopic (exact) mass is 300 g/mol. The van der Waals surface area contributed by atoms with E-state index in [2.05, 4.69) is 15.2 Å². The van der Waals surface area contributed by atoms with Crippen molar-refractivity contribution in [2.24, 2.45) is 5.10 Å². The van der Waals surface area contributed by atoms with Crippen LogP contribution in [0.15, 0.2) is 35.6 Å². The van der Waals surface area contributed by atoms with E-state index < -0.39 is 10.2 Å². The van der Waals surface area contributed by atoms with Gasteiger partial charge in [0.15, 0.2) is 0 Å². The lowest BCUT2D eigenvalue weighted by Gasteiger charge is -2.21. The van der Waals surface area contributed by atoms with Crippen LogP contribution in [-0.4, -0.2) is 19.2 Å². The van der Waals surface area contributed by atoms with Crippen LogP contribution >= 0.6 is 11.6 Å². The van der Waals surface area contributed by atoms with Gasteiger partial charge in [-0.25, -0.2) is 0 Å². The third-order valence-electron chi connectivity index (χ3n) is 2.48. The van der Waals surface area contributed by atoms with Gasteiger partial charge in [0, 0.05) is 6.20 Å². The fourth-order valence-corrected chi connectivity index (χ4v) is 2.82. The summed E-state index contributed by atoms with van der Waals surface area (Å²) in [6.07, 6.45) is 5.07. The second-order valence-electron chi connectivity index (χ2n) is 3.73. The van der Waals surface area contributed by atoms with Gasteiger partial charge in [0.2, 0.25) is 0 Å². The van der Waals surface area contributed by atoms with E-state index in [-0.39, 0.29) is 0 Å². The summed E-state index contributed by atoms with van der Waals surface area (Å²) in [7, 11) is -3.85. The van der Waals surface area contributed by atoms with Gasteiger partial charge in [-0.05, 0) is 24.1 Å². The van der Waals surface area contributed by atoms with Crippen molar-refractivity contribution >= 4 is 33.7 Å². The Hall–Kier alpha value is -1.73. The molecular formula is C11H13ClN4O2S.